The van der Waals surface area contributed by atoms with E-state index in [1.54, 1.807) is 18.2 Å². The van der Waals surface area contributed by atoms with Crippen LogP contribution in [0.2, 0.25) is 0 Å². The van der Waals surface area contributed by atoms with Crippen molar-refractivity contribution in [3.8, 4) is 11.5 Å². The fourth-order valence-corrected chi connectivity index (χ4v) is 2.26. The van der Waals surface area contributed by atoms with E-state index >= 15 is 0 Å². The minimum atomic E-state index is -0.808. The van der Waals surface area contributed by atoms with Crippen molar-refractivity contribution in [3.05, 3.63) is 59.7 Å². The van der Waals surface area contributed by atoms with Gasteiger partial charge in [0.15, 0.2) is 11.5 Å². The number of carbonyl (C=O) groups excluding carboxylic acids is 2. The first-order chi connectivity index (χ1) is 13.6. The van der Waals surface area contributed by atoms with Gasteiger partial charge in [0.25, 0.3) is 0 Å². The molecule has 0 atom stereocenters. The Labute approximate surface area is 164 Å². The Morgan fingerprint density at radius 1 is 1.00 bits per heavy atom. The fourth-order valence-electron chi connectivity index (χ4n) is 2.26. The number of hydrogen-bond donors (Lipinski definition) is 2. The lowest BCUT2D eigenvalue weighted by Gasteiger charge is -2.12. The van der Waals surface area contributed by atoms with Crippen molar-refractivity contribution in [3.63, 3.8) is 0 Å². The number of benzene rings is 2. The van der Waals surface area contributed by atoms with Gasteiger partial charge in [0, 0.05) is 6.54 Å². The van der Waals surface area contributed by atoms with Crippen LogP contribution in [0.3, 0.4) is 0 Å². The Hall–Kier alpha value is -3.35. The predicted octanol–water partition coefficient (Wildman–Crippen LogP) is 2.64. The van der Waals surface area contributed by atoms with Gasteiger partial charge in [-0.25, -0.2) is 5.43 Å². The Bertz CT molecular complexity index is 807. The number of nitrogens with zero attached hydrogens (tertiary/aromatic N) is 1. The summed E-state index contributed by atoms with van der Waals surface area (Å²) in [6.45, 7) is 5.14. The van der Waals surface area contributed by atoms with Gasteiger partial charge in [-0.3, -0.25) is 9.59 Å². The van der Waals surface area contributed by atoms with Gasteiger partial charge in [0.05, 0.1) is 12.8 Å². The maximum Gasteiger partial charge on any atom is 0.329 e. The van der Waals surface area contributed by atoms with Crippen LogP contribution in [0, 0.1) is 0 Å². The molecule has 0 aromatic heterocycles. The molecule has 0 bridgehead atoms. The van der Waals surface area contributed by atoms with E-state index in [9.17, 15) is 9.59 Å². The molecule has 7 nitrogen and oxygen atoms in total. The first-order valence-electron chi connectivity index (χ1n) is 9.18. The molecule has 0 unspecified atom stereocenters. The highest BCUT2D eigenvalue weighted by atomic mass is 16.5. The van der Waals surface area contributed by atoms with Gasteiger partial charge in [-0.15, -0.1) is 0 Å². The molecule has 7 heteroatoms. The minimum absolute atomic E-state index is 0.428. The number of hydrazone groups is 1. The third kappa shape index (κ3) is 6.75. The number of amides is 2. The van der Waals surface area contributed by atoms with E-state index in [-0.39, 0.29) is 0 Å². The average Bonchev–Trinajstić information content (AvgIpc) is 2.72. The number of ether oxygens (including phenoxy) is 2. The Morgan fingerprint density at radius 2 is 1.79 bits per heavy atom. The smallest absolute Gasteiger partial charge is 0.329 e. The molecule has 2 N–H and O–H groups in total. The molecule has 0 saturated carbocycles. The van der Waals surface area contributed by atoms with E-state index in [1.807, 2.05) is 44.2 Å². The molecule has 2 amide bonds. The van der Waals surface area contributed by atoms with Crippen molar-refractivity contribution in [1.29, 1.82) is 0 Å². The van der Waals surface area contributed by atoms with E-state index in [4.69, 9.17) is 9.47 Å². The highest BCUT2D eigenvalue weighted by molar-refractivity contribution is 6.35. The highest BCUT2D eigenvalue weighted by Crippen LogP contribution is 2.28. The zero-order valence-corrected chi connectivity index (χ0v) is 16.1. The molecule has 0 aliphatic carbocycles. The van der Waals surface area contributed by atoms with E-state index < -0.39 is 11.8 Å². The van der Waals surface area contributed by atoms with Gasteiger partial charge in [-0.1, -0.05) is 37.3 Å². The topological polar surface area (TPSA) is 89.0 Å². The second kappa shape index (κ2) is 11.4. The molecule has 148 valence electrons. The molecular formula is C21H25N3O4. The molecule has 0 radical (unpaired) electrons. The van der Waals surface area contributed by atoms with Crippen molar-refractivity contribution in [2.45, 2.75) is 26.9 Å². The van der Waals surface area contributed by atoms with Crippen LogP contribution < -0.4 is 20.2 Å². The molecule has 0 spiro atoms. The van der Waals surface area contributed by atoms with E-state index in [1.165, 1.54) is 6.21 Å². The van der Waals surface area contributed by atoms with Gasteiger partial charge < -0.3 is 14.8 Å². The third-order valence-electron chi connectivity index (χ3n) is 3.63. The van der Waals surface area contributed by atoms with Crippen molar-refractivity contribution < 1.29 is 19.1 Å². The summed E-state index contributed by atoms with van der Waals surface area (Å²) in [5, 5.41) is 6.29. The Kier molecular flexibility index (Phi) is 8.52. The van der Waals surface area contributed by atoms with Crippen LogP contribution in [-0.4, -0.2) is 31.2 Å². The van der Waals surface area contributed by atoms with Crippen LogP contribution in [-0.2, 0) is 16.2 Å². The van der Waals surface area contributed by atoms with Gasteiger partial charge in [-0.05, 0) is 42.7 Å². The van der Waals surface area contributed by atoms with Crippen LogP contribution in [0.4, 0.5) is 0 Å². The summed E-state index contributed by atoms with van der Waals surface area (Å²) in [5.41, 5.74) is 3.95. The monoisotopic (exact) mass is 383 g/mol. The molecule has 0 aliphatic rings. The summed E-state index contributed by atoms with van der Waals surface area (Å²) in [6.07, 6.45) is 2.19. The summed E-state index contributed by atoms with van der Waals surface area (Å²) in [7, 11) is 0. The predicted molar refractivity (Wildman–Crippen MR) is 107 cm³/mol. The molecule has 0 saturated heterocycles. The first-order valence-corrected chi connectivity index (χ1v) is 9.18. The largest absolute Gasteiger partial charge is 0.490 e. The number of hydrogen-bond acceptors (Lipinski definition) is 5. The summed E-state index contributed by atoms with van der Waals surface area (Å²) in [6, 6.07) is 15.2. The molecule has 0 aliphatic heterocycles. The van der Waals surface area contributed by atoms with Crippen LogP contribution in [0.5, 0.6) is 11.5 Å². The zero-order valence-electron chi connectivity index (χ0n) is 16.1. The number of rotatable bonds is 9. The fraction of sp³-hybridized carbons (Fsp3) is 0.286. The summed E-state index contributed by atoms with van der Waals surface area (Å²) >= 11 is 0. The highest BCUT2D eigenvalue weighted by Gasteiger charge is 2.11. The summed E-state index contributed by atoms with van der Waals surface area (Å²) in [5.74, 6) is -0.323. The van der Waals surface area contributed by atoms with Gasteiger partial charge in [0.1, 0.15) is 6.61 Å². The van der Waals surface area contributed by atoms with Crippen LogP contribution in [0.1, 0.15) is 31.4 Å². The SMILES string of the molecule is CCCNC(=O)C(=O)N/N=C\c1ccc(OCc2ccccc2)c(OCC)c1. The minimum Gasteiger partial charge on any atom is -0.490 e. The van der Waals surface area contributed by atoms with E-state index in [2.05, 4.69) is 15.8 Å². The summed E-state index contributed by atoms with van der Waals surface area (Å²) < 4.78 is 11.5. The van der Waals surface area contributed by atoms with Crippen LogP contribution in [0.15, 0.2) is 53.6 Å². The number of nitrogens with one attached hydrogen (secondary N) is 2. The van der Waals surface area contributed by atoms with Crippen molar-refractivity contribution in [1.82, 2.24) is 10.7 Å². The van der Waals surface area contributed by atoms with Crippen LogP contribution in [0.25, 0.3) is 0 Å². The van der Waals surface area contributed by atoms with Gasteiger partial charge in [-0.2, -0.15) is 5.10 Å². The van der Waals surface area contributed by atoms with Crippen molar-refractivity contribution in [2.24, 2.45) is 5.10 Å². The standard InChI is InChI=1S/C21H25N3O4/c1-3-12-22-20(25)21(26)24-23-14-17-10-11-18(19(13-17)27-4-2)28-15-16-8-6-5-7-9-16/h5-11,13-14H,3-4,12,15H2,1-2H3,(H,22,25)(H,24,26)/b23-14-. The molecule has 2 aromatic rings. The molecule has 0 heterocycles. The average molecular weight is 383 g/mol. The normalized spacial score (nSPS) is 10.5. The lowest BCUT2D eigenvalue weighted by molar-refractivity contribution is -0.139. The molecule has 0 fully saturated rings. The number of carbonyl (C=O) groups is 2. The maximum atomic E-state index is 11.6. The van der Waals surface area contributed by atoms with E-state index in [0.717, 1.165) is 12.0 Å². The first kappa shape index (κ1) is 21.0. The second-order valence-corrected chi connectivity index (χ2v) is 5.87. The maximum absolute atomic E-state index is 11.6. The molecular weight excluding hydrogens is 358 g/mol. The molecule has 28 heavy (non-hydrogen) atoms. The zero-order chi connectivity index (χ0) is 20.2. The Morgan fingerprint density at radius 3 is 2.50 bits per heavy atom. The Balaban J connectivity index is 1.98. The molecule has 2 rings (SSSR count). The van der Waals surface area contributed by atoms with Gasteiger partial charge in [0.2, 0.25) is 0 Å². The third-order valence-corrected chi connectivity index (χ3v) is 3.63. The molecule has 2 aromatic carbocycles. The van der Waals surface area contributed by atoms with Crippen molar-refractivity contribution >= 4 is 18.0 Å². The quantitative estimate of drug-likeness (QED) is 0.396. The van der Waals surface area contributed by atoms with Crippen LogP contribution >= 0.6 is 0 Å². The second-order valence-electron chi connectivity index (χ2n) is 5.87. The van der Waals surface area contributed by atoms with E-state index in [0.29, 0.717) is 36.8 Å². The van der Waals surface area contributed by atoms with Gasteiger partial charge >= 0.3 is 11.8 Å². The lowest BCUT2D eigenvalue weighted by Crippen LogP contribution is -2.38. The van der Waals surface area contributed by atoms with Crippen molar-refractivity contribution in [2.75, 3.05) is 13.2 Å². The summed E-state index contributed by atoms with van der Waals surface area (Å²) in [4.78, 5) is 23.1. The lowest BCUT2D eigenvalue weighted by atomic mass is 10.2.